The molecule has 59 heavy (non-hydrogen) atoms. The topological polar surface area (TPSA) is 147 Å². The number of carbonyl (C=O) groups is 4. The summed E-state index contributed by atoms with van der Waals surface area (Å²) in [6.45, 7) is 7.57. The molecule has 4 aliphatic heterocycles. The number of amides is 4. The highest BCUT2D eigenvalue weighted by Crippen LogP contribution is 2.33. The Morgan fingerprint density at radius 3 is 2.32 bits per heavy atom. The highest BCUT2D eigenvalue weighted by Gasteiger charge is 2.45. The lowest BCUT2D eigenvalue weighted by Crippen LogP contribution is -2.54. The van der Waals surface area contributed by atoms with Gasteiger partial charge in [0.2, 0.25) is 17.7 Å². The van der Waals surface area contributed by atoms with Gasteiger partial charge in [-0.2, -0.15) is 0 Å². The van der Waals surface area contributed by atoms with Crippen LogP contribution in [-0.4, -0.2) is 132 Å². The van der Waals surface area contributed by atoms with E-state index in [1.54, 1.807) is 25.4 Å². The number of rotatable bonds is 12. The van der Waals surface area contributed by atoms with Gasteiger partial charge in [-0.05, 0) is 79.4 Å². The summed E-state index contributed by atoms with van der Waals surface area (Å²) < 4.78 is 18.0. The molecule has 5 aliphatic rings. The summed E-state index contributed by atoms with van der Waals surface area (Å²) in [5, 5.41) is 3.29. The van der Waals surface area contributed by atoms with Crippen LogP contribution >= 0.6 is 0 Å². The van der Waals surface area contributed by atoms with Crippen LogP contribution in [0.15, 0.2) is 66.9 Å². The van der Waals surface area contributed by atoms with Crippen LogP contribution < -0.4 is 19.7 Å². The Kier molecular flexibility index (Phi) is 11.1. The van der Waals surface area contributed by atoms with Crippen molar-refractivity contribution in [3.8, 4) is 11.6 Å². The van der Waals surface area contributed by atoms with Gasteiger partial charge in [0.25, 0.3) is 11.8 Å². The highest BCUT2D eigenvalue weighted by molar-refractivity contribution is 6.23. The van der Waals surface area contributed by atoms with Gasteiger partial charge in [0.05, 0.1) is 41.7 Å². The Balaban J connectivity index is 0.668. The Morgan fingerprint density at radius 1 is 0.763 bits per heavy atom. The molecule has 4 fully saturated rings. The van der Waals surface area contributed by atoms with Gasteiger partial charge in [-0.15, -0.1) is 0 Å². The van der Waals surface area contributed by atoms with Crippen molar-refractivity contribution in [2.75, 3.05) is 64.4 Å². The number of methoxy groups -OCH3 is 1. The van der Waals surface area contributed by atoms with E-state index in [4.69, 9.17) is 19.2 Å². The van der Waals surface area contributed by atoms with Gasteiger partial charge >= 0.3 is 0 Å². The number of benzene rings is 2. The molecule has 4 aromatic rings. The Morgan fingerprint density at radius 2 is 1.54 bits per heavy atom. The van der Waals surface area contributed by atoms with Crippen molar-refractivity contribution in [3.05, 3.63) is 89.2 Å². The van der Waals surface area contributed by atoms with Crippen molar-refractivity contribution < 1.29 is 33.4 Å². The quantitative estimate of drug-likeness (QED) is 0.203. The smallest absolute Gasteiger partial charge is 0.262 e. The van der Waals surface area contributed by atoms with E-state index in [-0.39, 0.29) is 31.0 Å². The fourth-order valence-electron chi connectivity index (χ4n) is 8.73. The summed E-state index contributed by atoms with van der Waals surface area (Å²) in [5.41, 5.74) is 4.32. The molecule has 9 rings (SSSR count). The standard InChI is InChI=1S/C45H49N7O7/c1-57-42-24-29(12-15-46-42)2-4-31-5-3-30-25-34(7-9-39(30)47-31)59-36-27-35(28-36)58-33-13-16-49(17-14-33)18-19-50-20-22-51(23-21-50)32-6-8-37-38(26-32)45(56)52(44(37)55)40-10-11-41(53)48-43(40)54/h2-9,12,15,24-26,33,35-36,40H,10-11,13-14,16-23,27-28H2,1H3,(H,48,53,54)/b4-2+. The Labute approximate surface area is 343 Å². The zero-order valence-corrected chi connectivity index (χ0v) is 33.3. The normalized spacial score (nSPS) is 23.2. The van der Waals surface area contributed by atoms with Crippen LogP contribution in [0.25, 0.3) is 23.1 Å². The van der Waals surface area contributed by atoms with E-state index in [0.29, 0.717) is 23.1 Å². The maximum Gasteiger partial charge on any atom is 0.262 e. The van der Waals surface area contributed by atoms with E-state index in [1.807, 2.05) is 48.6 Å². The third kappa shape index (κ3) is 8.56. The number of piperazine rings is 1. The number of anilines is 1. The number of aromatic nitrogens is 2. The number of piperidine rings is 2. The summed E-state index contributed by atoms with van der Waals surface area (Å²) >= 11 is 0. The zero-order valence-electron chi connectivity index (χ0n) is 33.3. The number of nitrogens with one attached hydrogen (secondary N) is 1. The summed E-state index contributed by atoms with van der Waals surface area (Å²) in [7, 11) is 1.61. The number of nitrogens with zero attached hydrogens (tertiary/aromatic N) is 6. The maximum atomic E-state index is 13.3. The molecule has 3 saturated heterocycles. The van der Waals surface area contributed by atoms with Crippen LogP contribution in [-0.2, 0) is 14.3 Å². The first-order valence-electron chi connectivity index (χ1n) is 20.7. The second kappa shape index (κ2) is 16.9. The van der Waals surface area contributed by atoms with Gasteiger partial charge in [-0.3, -0.25) is 34.3 Å². The minimum Gasteiger partial charge on any atom is -0.490 e. The number of pyridine rings is 2. The van der Waals surface area contributed by atoms with Gasteiger partial charge in [0.15, 0.2) is 0 Å². The van der Waals surface area contributed by atoms with Gasteiger partial charge in [0, 0.05) is 95.0 Å². The minimum atomic E-state index is -0.960. The lowest BCUT2D eigenvalue weighted by Gasteiger charge is -2.40. The van der Waals surface area contributed by atoms with E-state index < -0.39 is 23.8 Å². The van der Waals surface area contributed by atoms with Crippen molar-refractivity contribution in [3.63, 3.8) is 0 Å². The first kappa shape index (κ1) is 38.8. The molecule has 0 bridgehead atoms. The molecule has 1 N–H and O–H groups in total. The summed E-state index contributed by atoms with van der Waals surface area (Å²) in [6.07, 6.45) is 10.6. The Hall–Kier alpha value is -5.70. The van der Waals surface area contributed by atoms with E-state index in [9.17, 15) is 19.2 Å². The average Bonchev–Trinajstić information content (AvgIpc) is 3.49. The first-order chi connectivity index (χ1) is 28.8. The van der Waals surface area contributed by atoms with E-state index in [2.05, 4.69) is 37.1 Å². The predicted molar refractivity (Wildman–Crippen MR) is 221 cm³/mol. The minimum absolute atomic E-state index is 0.102. The second-order valence-corrected chi connectivity index (χ2v) is 16.1. The molecule has 6 heterocycles. The zero-order chi connectivity index (χ0) is 40.5. The molecule has 0 spiro atoms. The molecule has 2 aromatic carbocycles. The average molecular weight is 800 g/mol. The van der Waals surface area contributed by atoms with E-state index in [1.165, 1.54) is 0 Å². The molecule has 4 amide bonds. The largest absolute Gasteiger partial charge is 0.490 e. The van der Waals surface area contributed by atoms with Gasteiger partial charge in [0.1, 0.15) is 17.9 Å². The second-order valence-electron chi connectivity index (χ2n) is 16.1. The van der Waals surface area contributed by atoms with Crippen LogP contribution in [0.4, 0.5) is 5.69 Å². The lowest BCUT2D eigenvalue weighted by molar-refractivity contribution is -0.136. The molecule has 14 nitrogen and oxygen atoms in total. The van der Waals surface area contributed by atoms with E-state index in [0.717, 1.165) is 117 Å². The number of hydrogen-bond acceptors (Lipinski definition) is 12. The van der Waals surface area contributed by atoms with Crippen LogP contribution in [0.2, 0.25) is 0 Å². The fourth-order valence-corrected chi connectivity index (χ4v) is 8.73. The summed E-state index contributed by atoms with van der Waals surface area (Å²) in [4.78, 5) is 67.7. The van der Waals surface area contributed by atoms with Crippen molar-refractivity contribution in [2.24, 2.45) is 0 Å². The summed E-state index contributed by atoms with van der Waals surface area (Å²) in [5.74, 6) is -0.489. The highest BCUT2D eigenvalue weighted by atomic mass is 16.5. The van der Waals surface area contributed by atoms with E-state index >= 15 is 0 Å². The van der Waals surface area contributed by atoms with Crippen LogP contribution in [0.5, 0.6) is 11.6 Å². The number of hydrogen-bond donors (Lipinski definition) is 1. The third-order valence-corrected chi connectivity index (χ3v) is 12.3. The molecular formula is C45H49N7O7. The molecule has 14 heteroatoms. The predicted octanol–water partition coefficient (Wildman–Crippen LogP) is 4.42. The van der Waals surface area contributed by atoms with Gasteiger partial charge < -0.3 is 24.0 Å². The lowest BCUT2D eigenvalue weighted by atomic mass is 9.91. The number of carbonyl (C=O) groups excluding carboxylic acids is 4. The molecule has 1 unspecified atom stereocenters. The molecule has 0 radical (unpaired) electrons. The SMILES string of the molecule is COc1cc(/C=C/c2ccc3cc(OC4CC(OC5CCN(CCN6CCN(c7ccc8c(c7)C(=O)N(C7CCC(=O)NC7=O)C8=O)CC6)CC5)C4)ccc3n2)ccn1. The monoisotopic (exact) mass is 799 g/mol. The molecular weight excluding hydrogens is 751 g/mol. The first-order valence-corrected chi connectivity index (χ1v) is 20.7. The third-order valence-electron chi connectivity index (χ3n) is 12.3. The fraction of sp³-hybridized carbons (Fsp3) is 0.422. The number of imide groups is 2. The molecule has 306 valence electrons. The van der Waals surface area contributed by atoms with Gasteiger partial charge in [-0.1, -0.05) is 12.1 Å². The van der Waals surface area contributed by atoms with Crippen molar-refractivity contribution in [2.45, 2.75) is 62.9 Å². The van der Waals surface area contributed by atoms with Crippen LogP contribution in [0.3, 0.4) is 0 Å². The summed E-state index contributed by atoms with van der Waals surface area (Å²) in [6, 6.07) is 18.4. The van der Waals surface area contributed by atoms with Crippen molar-refractivity contribution in [1.82, 2.24) is 30.0 Å². The van der Waals surface area contributed by atoms with Crippen molar-refractivity contribution >= 4 is 52.4 Å². The molecule has 1 atom stereocenters. The van der Waals surface area contributed by atoms with Crippen molar-refractivity contribution in [1.29, 1.82) is 0 Å². The number of fused-ring (bicyclic) bond motifs is 2. The molecule has 1 aliphatic carbocycles. The number of likely N-dealkylation sites (tertiary alicyclic amines) is 1. The van der Waals surface area contributed by atoms with Gasteiger partial charge in [-0.25, -0.2) is 9.97 Å². The number of ether oxygens (including phenoxy) is 3. The molecule has 1 saturated carbocycles. The maximum absolute atomic E-state index is 13.3. The Bertz CT molecular complexity index is 2280. The van der Waals surface area contributed by atoms with Crippen LogP contribution in [0, 0.1) is 0 Å². The van der Waals surface area contributed by atoms with Crippen LogP contribution in [0.1, 0.15) is 70.5 Å². The molecule has 2 aromatic heterocycles.